The number of para-hydroxylation sites is 1. The van der Waals surface area contributed by atoms with E-state index in [1.54, 1.807) is 0 Å². The summed E-state index contributed by atoms with van der Waals surface area (Å²) in [4.78, 5) is 7.97. The lowest BCUT2D eigenvalue weighted by molar-refractivity contribution is -0.271. The van der Waals surface area contributed by atoms with Gasteiger partial charge in [0.25, 0.3) is 0 Å². The van der Waals surface area contributed by atoms with E-state index in [0.29, 0.717) is 5.13 Å². The molecule has 0 saturated heterocycles. The molecule has 0 aliphatic carbocycles. The monoisotopic (exact) mass is 356 g/mol. The molecule has 1 atom stereocenters. The molecule has 3 rings (SSSR count). The Morgan fingerprint density at radius 3 is 2.67 bits per heavy atom. The summed E-state index contributed by atoms with van der Waals surface area (Å²) in [5.41, 5.74) is -2.24. The van der Waals surface area contributed by atoms with E-state index < -0.39 is 24.0 Å². The van der Waals surface area contributed by atoms with Crippen LogP contribution in [0.4, 0.5) is 18.3 Å². The third-order valence-electron chi connectivity index (χ3n) is 3.72. The van der Waals surface area contributed by atoms with Gasteiger partial charge in [-0.25, -0.2) is 9.97 Å². The van der Waals surface area contributed by atoms with Gasteiger partial charge in [-0.15, -0.1) is 0 Å². The number of hydrogen-bond acceptors (Lipinski definition) is 5. The van der Waals surface area contributed by atoms with Crippen LogP contribution in [0, 0.1) is 0 Å². The number of nitrogens with one attached hydrogen (secondary N) is 1. The molecule has 1 aromatic carbocycles. The first-order valence-electron chi connectivity index (χ1n) is 7.17. The SMILES string of the molecule is Cn1ccnc1C(O)(CCNc1nc2ccccc2s1)C(F)(F)F. The molecule has 2 heterocycles. The molecule has 0 aliphatic heterocycles. The molecule has 24 heavy (non-hydrogen) atoms. The van der Waals surface area contributed by atoms with Crippen LogP contribution in [0.1, 0.15) is 12.2 Å². The average molecular weight is 356 g/mol. The molecule has 0 fully saturated rings. The van der Waals surface area contributed by atoms with Gasteiger partial charge in [0.15, 0.2) is 5.13 Å². The molecule has 3 aromatic rings. The van der Waals surface area contributed by atoms with Crippen LogP contribution in [0.3, 0.4) is 0 Å². The molecule has 2 aromatic heterocycles. The topological polar surface area (TPSA) is 63.0 Å². The van der Waals surface area contributed by atoms with Crippen molar-refractivity contribution >= 4 is 26.7 Å². The van der Waals surface area contributed by atoms with Gasteiger partial charge >= 0.3 is 6.18 Å². The lowest BCUT2D eigenvalue weighted by Crippen LogP contribution is -2.45. The standard InChI is InChI=1S/C15H15F3N4OS/c1-22-9-8-19-12(22)14(23,15(16,17)18)6-7-20-13-21-10-4-2-3-5-11(10)24-13/h2-5,8-9,23H,6-7H2,1H3,(H,20,21). The molecular formula is C15H15F3N4OS. The molecule has 0 aliphatic rings. The van der Waals surface area contributed by atoms with Gasteiger partial charge in [-0.2, -0.15) is 13.2 Å². The maximum Gasteiger partial charge on any atom is 0.424 e. The third kappa shape index (κ3) is 2.96. The molecule has 5 nitrogen and oxygen atoms in total. The fraction of sp³-hybridized carbons (Fsp3) is 0.333. The van der Waals surface area contributed by atoms with Gasteiger partial charge in [0, 0.05) is 32.4 Å². The zero-order valence-corrected chi connectivity index (χ0v) is 13.5. The van der Waals surface area contributed by atoms with Gasteiger partial charge in [-0.05, 0) is 12.1 Å². The number of hydrogen-bond donors (Lipinski definition) is 2. The number of aromatic nitrogens is 3. The first-order chi connectivity index (χ1) is 11.3. The smallest absolute Gasteiger partial charge is 0.374 e. The summed E-state index contributed by atoms with van der Waals surface area (Å²) in [6, 6.07) is 7.43. The largest absolute Gasteiger partial charge is 0.424 e. The summed E-state index contributed by atoms with van der Waals surface area (Å²) < 4.78 is 42.3. The molecule has 0 bridgehead atoms. The van der Waals surface area contributed by atoms with Crippen molar-refractivity contribution in [3.05, 3.63) is 42.5 Å². The van der Waals surface area contributed by atoms with Crippen LogP contribution in [0.2, 0.25) is 0 Å². The highest BCUT2D eigenvalue weighted by atomic mass is 32.1. The quantitative estimate of drug-likeness (QED) is 0.736. The Labute approximate surface area is 139 Å². The van der Waals surface area contributed by atoms with Gasteiger partial charge in [0.05, 0.1) is 10.2 Å². The van der Waals surface area contributed by atoms with Crippen molar-refractivity contribution in [3.63, 3.8) is 0 Å². The number of benzene rings is 1. The van der Waals surface area contributed by atoms with Crippen molar-refractivity contribution in [2.45, 2.75) is 18.2 Å². The number of aliphatic hydroxyl groups is 1. The zero-order chi connectivity index (χ0) is 17.4. The summed E-state index contributed by atoms with van der Waals surface area (Å²) in [7, 11) is 1.42. The van der Waals surface area contributed by atoms with E-state index in [1.165, 1.54) is 35.3 Å². The number of alkyl halides is 3. The number of imidazole rings is 1. The second kappa shape index (κ2) is 6.06. The molecule has 128 valence electrons. The second-order valence-corrected chi connectivity index (χ2v) is 6.41. The third-order valence-corrected chi connectivity index (χ3v) is 4.71. The summed E-state index contributed by atoms with van der Waals surface area (Å²) in [6.45, 7) is -0.0946. The van der Waals surface area contributed by atoms with Crippen LogP contribution < -0.4 is 5.32 Å². The van der Waals surface area contributed by atoms with Crippen molar-refractivity contribution in [3.8, 4) is 0 Å². The average Bonchev–Trinajstić information content (AvgIpc) is 3.11. The highest BCUT2D eigenvalue weighted by Gasteiger charge is 2.57. The van der Waals surface area contributed by atoms with E-state index in [0.717, 1.165) is 10.2 Å². The molecule has 1 unspecified atom stereocenters. The van der Waals surface area contributed by atoms with E-state index in [-0.39, 0.29) is 6.54 Å². The van der Waals surface area contributed by atoms with Crippen LogP contribution in [0.5, 0.6) is 0 Å². The van der Waals surface area contributed by atoms with Crippen LogP contribution in [0.25, 0.3) is 10.2 Å². The van der Waals surface area contributed by atoms with E-state index in [9.17, 15) is 18.3 Å². The Hall–Kier alpha value is -2.13. The predicted octanol–water partition coefficient (Wildman–Crippen LogP) is 3.28. The summed E-state index contributed by atoms with van der Waals surface area (Å²) in [6.07, 6.45) is -2.81. The van der Waals surface area contributed by atoms with Crippen molar-refractivity contribution in [1.82, 2.24) is 14.5 Å². The van der Waals surface area contributed by atoms with Crippen LogP contribution in [-0.2, 0) is 12.6 Å². The number of rotatable bonds is 5. The van der Waals surface area contributed by atoms with Gasteiger partial charge in [0.1, 0.15) is 5.82 Å². The maximum atomic E-state index is 13.4. The van der Waals surface area contributed by atoms with E-state index in [2.05, 4.69) is 15.3 Å². The van der Waals surface area contributed by atoms with E-state index in [4.69, 9.17) is 0 Å². The fourth-order valence-corrected chi connectivity index (χ4v) is 3.33. The predicted molar refractivity (Wildman–Crippen MR) is 85.9 cm³/mol. The van der Waals surface area contributed by atoms with Crippen molar-refractivity contribution in [1.29, 1.82) is 0 Å². The van der Waals surface area contributed by atoms with Crippen LogP contribution in [-0.4, -0.2) is 32.4 Å². The summed E-state index contributed by atoms with van der Waals surface area (Å²) in [5, 5.41) is 13.6. The Bertz CT molecular complexity index is 811. The molecule has 0 spiro atoms. The second-order valence-electron chi connectivity index (χ2n) is 5.38. The number of halogens is 3. The van der Waals surface area contributed by atoms with Crippen molar-refractivity contribution in [2.75, 3.05) is 11.9 Å². The minimum Gasteiger partial charge on any atom is -0.374 e. The minimum atomic E-state index is -4.83. The maximum absolute atomic E-state index is 13.4. The number of nitrogens with zero attached hydrogens (tertiary/aromatic N) is 3. The van der Waals surface area contributed by atoms with E-state index in [1.807, 2.05) is 24.3 Å². The number of aryl methyl sites for hydroxylation is 1. The Morgan fingerprint density at radius 2 is 2.04 bits per heavy atom. The Kier molecular flexibility index (Phi) is 4.22. The van der Waals surface area contributed by atoms with E-state index >= 15 is 0 Å². The highest BCUT2D eigenvalue weighted by molar-refractivity contribution is 7.22. The van der Waals surface area contributed by atoms with Gasteiger partial charge in [-0.1, -0.05) is 23.5 Å². The van der Waals surface area contributed by atoms with Crippen molar-refractivity contribution < 1.29 is 18.3 Å². The Balaban J connectivity index is 1.76. The minimum absolute atomic E-state index is 0.0946. The lowest BCUT2D eigenvalue weighted by Gasteiger charge is -2.29. The lowest BCUT2D eigenvalue weighted by atomic mass is 9.98. The first-order valence-corrected chi connectivity index (χ1v) is 7.99. The molecule has 9 heteroatoms. The van der Waals surface area contributed by atoms with Gasteiger partial charge in [-0.3, -0.25) is 0 Å². The molecule has 2 N–H and O–H groups in total. The van der Waals surface area contributed by atoms with Gasteiger partial charge < -0.3 is 15.0 Å². The molecule has 0 amide bonds. The summed E-state index contributed by atoms with van der Waals surface area (Å²) >= 11 is 1.35. The summed E-state index contributed by atoms with van der Waals surface area (Å²) in [5.74, 6) is -0.430. The van der Waals surface area contributed by atoms with Crippen molar-refractivity contribution in [2.24, 2.45) is 7.05 Å². The number of anilines is 1. The number of thiazole rings is 1. The fourth-order valence-electron chi connectivity index (χ4n) is 2.44. The number of fused-ring (bicyclic) bond motifs is 1. The zero-order valence-electron chi connectivity index (χ0n) is 12.7. The Morgan fingerprint density at radius 1 is 1.29 bits per heavy atom. The molecular weight excluding hydrogens is 341 g/mol. The van der Waals surface area contributed by atoms with Crippen LogP contribution in [0.15, 0.2) is 36.7 Å². The normalized spacial score (nSPS) is 14.7. The molecule has 0 radical (unpaired) electrons. The molecule has 0 saturated carbocycles. The highest BCUT2D eigenvalue weighted by Crippen LogP contribution is 2.40. The van der Waals surface area contributed by atoms with Gasteiger partial charge in [0.2, 0.25) is 5.60 Å². The van der Waals surface area contributed by atoms with Crippen LogP contribution >= 0.6 is 11.3 Å². The first kappa shape index (κ1) is 16.7.